The van der Waals surface area contributed by atoms with Crippen LogP contribution in [0.3, 0.4) is 0 Å². The summed E-state index contributed by atoms with van der Waals surface area (Å²) < 4.78 is 0. The number of carbonyl (C=O) groups is 1. The summed E-state index contributed by atoms with van der Waals surface area (Å²) in [4.78, 5) is 15.5. The van der Waals surface area contributed by atoms with E-state index in [0.29, 0.717) is 6.04 Å². The highest BCUT2D eigenvalue weighted by Gasteiger charge is 2.59. The second-order valence-corrected chi connectivity index (χ2v) is 7.34. The van der Waals surface area contributed by atoms with Gasteiger partial charge >= 0.3 is 0 Å². The Bertz CT molecular complexity index is 512. The Morgan fingerprint density at radius 3 is 2.68 bits per heavy atom. The number of hydrogen-bond acceptors (Lipinski definition) is 1. The van der Waals surface area contributed by atoms with Crippen molar-refractivity contribution in [1.29, 1.82) is 0 Å². The molecule has 3 unspecified atom stereocenters. The fourth-order valence-electron chi connectivity index (χ4n) is 4.57. The molecule has 0 aliphatic heterocycles. The number of aromatic nitrogens is 1. The standard InChI is InChI=1S/C16H24N2O/c1-10-12(6-8-17-10)13(19)18-14-15(2,3)11-5-7-16(14,4)9-11/h6,8,11,14,17H,5,7,9H2,1-4H3,(H,18,19). The first-order valence-electron chi connectivity index (χ1n) is 7.29. The number of nitrogens with one attached hydrogen (secondary N) is 2. The van der Waals surface area contributed by atoms with Gasteiger partial charge in [0.05, 0.1) is 5.56 Å². The van der Waals surface area contributed by atoms with Crippen molar-refractivity contribution in [2.75, 3.05) is 0 Å². The molecule has 3 rings (SSSR count). The molecule has 2 saturated carbocycles. The van der Waals surface area contributed by atoms with E-state index in [-0.39, 0.29) is 16.7 Å². The molecule has 2 aliphatic rings. The second-order valence-electron chi connectivity index (χ2n) is 7.34. The number of hydrogen-bond donors (Lipinski definition) is 2. The minimum atomic E-state index is 0.0746. The topological polar surface area (TPSA) is 44.9 Å². The normalized spacial score (nSPS) is 35.6. The van der Waals surface area contributed by atoms with Crippen molar-refractivity contribution in [3.8, 4) is 0 Å². The lowest BCUT2D eigenvalue weighted by atomic mass is 9.68. The maximum absolute atomic E-state index is 12.5. The van der Waals surface area contributed by atoms with Gasteiger partial charge in [0.15, 0.2) is 0 Å². The van der Waals surface area contributed by atoms with Gasteiger partial charge in [-0.05, 0) is 49.0 Å². The number of amides is 1. The molecule has 1 aromatic heterocycles. The minimum absolute atomic E-state index is 0.0746. The zero-order valence-corrected chi connectivity index (χ0v) is 12.3. The van der Waals surface area contributed by atoms with Crippen LogP contribution in [0.15, 0.2) is 12.3 Å². The van der Waals surface area contributed by atoms with Crippen LogP contribution in [-0.4, -0.2) is 16.9 Å². The minimum Gasteiger partial charge on any atom is -0.365 e. The molecule has 0 radical (unpaired) electrons. The van der Waals surface area contributed by atoms with E-state index in [2.05, 4.69) is 31.1 Å². The fourth-order valence-corrected chi connectivity index (χ4v) is 4.57. The summed E-state index contributed by atoms with van der Waals surface area (Å²) in [6, 6.07) is 2.16. The average Bonchev–Trinajstić information content (AvgIpc) is 2.95. The molecule has 104 valence electrons. The lowest BCUT2D eigenvalue weighted by Crippen LogP contribution is -2.52. The highest BCUT2D eigenvalue weighted by atomic mass is 16.1. The Kier molecular flexibility index (Phi) is 2.60. The van der Waals surface area contributed by atoms with Crippen LogP contribution in [0.25, 0.3) is 0 Å². The van der Waals surface area contributed by atoms with E-state index in [1.807, 2.05) is 19.2 Å². The van der Waals surface area contributed by atoms with Gasteiger partial charge in [-0.25, -0.2) is 0 Å². The number of carbonyl (C=O) groups excluding carboxylic acids is 1. The van der Waals surface area contributed by atoms with E-state index in [1.54, 1.807) is 0 Å². The second kappa shape index (κ2) is 3.87. The predicted molar refractivity (Wildman–Crippen MR) is 76.0 cm³/mol. The summed E-state index contributed by atoms with van der Waals surface area (Å²) in [6.07, 6.45) is 5.66. The van der Waals surface area contributed by atoms with Gasteiger partial charge in [0, 0.05) is 17.9 Å². The molecule has 0 spiro atoms. The van der Waals surface area contributed by atoms with Crippen molar-refractivity contribution in [3.05, 3.63) is 23.5 Å². The Hall–Kier alpha value is -1.25. The average molecular weight is 260 g/mol. The number of aryl methyl sites for hydroxylation is 1. The maximum Gasteiger partial charge on any atom is 0.253 e. The summed E-state index contributed by atoms with van der Waals surface area (Å²) in [5, 5.41) is 3.33. The molecule has 3 nitrogen and oxygen atoms in total. The van der Waals surface area contributed by atoms with Gasteiger partial charge < -0.3 is 10.3 Å². The van der Waals surface area contributed by atoms with E-state index in [4.69, 9.17) is 0 Å². The number of aromatic amines is 1. The highest BCUT2D eigenvalue weighted by molar-refractivity contribution is 5.95. The zero-order chi connectivity index (χ0) is 13.8. The highest BCUT2D eigenvalue weighted by Crippen LogP contribution is 2.62. The van der Waals surface area contributed by atoms with E-state index in [1.165, 1.54) is 19.3 Å². The first-order valence-corrected chi connectivity index (χ1v) is 7.29. The molecule has 2 fully saturated rings. The van der Waals surface area contributed by atoms with Crippen LogP contribution in [0.5, 0.6) is 0 Å². The van der Waals surface area contributed by atoms with E-state index in [9.17, 15) is 4.79 Å². The Labute approximate surface area is 115 Å². The van der Waals surface area contributed by atoms with Crippen molar-refractivity contribution in [1.82, 2.24) is 10.3 Å². The molecule has 0 aromatic carbocycles. The SMILES string of the molecule is Cc1[nH]ccc1C(=O)NC1C2(C)CCC(C2)C1(C)C. The maximum atomic E-state index is 12.5. The van der Waals surface area contributed by atoms with Crippen LogP contribution in [0.2, 0.25) is 0 Å². The Morgan fingerprint density at radius 1 is 1.42 bits per heavy atom. The fraction of sp³-hybridized carbons (Fsp3) is 0.688. The lowest BCUT2D eigenvalue weighted by molar-refractivity contribution is 0.0737. The third-order valence-corrected chi connectivity index (χ3v) is 5.74. The van der Waals surface area contributed by atoms with Gasteiger partial charge in [-0.3, -0.25) is 4.79 Å². The Balaban J connectivity index is 1.84. The van der Waals surface area contributed by atoms with Crippen LogP contribution < -0.4 is 5.32 Å². The zero-order valence-electron chi connectivity index (χ0n) is 12.3. The largest absolute Gasteiger partial charge is 0.365 e. The molecule has 2 bridgehead atoms. The molecule has 2 N–H and O–H groups in total. The smallest absolute Gasteiger partial charge is 0.253 e. The summed E-state index contributed by atoms with van der Waals surface area (Å²) in [7, 11) is 0. The van der Waals surface area contributed by atoms with Crippen molar-refractivity contribution in [3.63, 3.8) is 0 Å². The molecule has 3 atom stereocenters. The van der Waals surface area contributed by atoms with E-state index < -0.39 is 0 Å². The molecule has 1 aromatic rings. The van der Waals surface area contributed by atoms with Gasteiger partial charge in [0.1, 0.15) is 0 Å². The quantitative estimate of drug-likeness (QED) is 0.842. The summed E-state index contributed by atoms with van der Waals surface area (Å²) in [5.41, 5.74) is 2.23. The van der Waals surface area contributed by atoms with E-state index >= 15 is 0 Å². The van der Waals surface area contributed by atoms with Crippen molar-refractivity contribution in [2.24, 2.45) is 16.7 Å². The molecule has 19 heavy (non-hydrogen) atoms. The third kappa shape index (κ3) is 1.74. The van der Waals surface area contributed by atoms with Crippen LogP contribution in [0.4, 0.5) is 0 Å². The van der Waals surface area contributed by atoms with Crippen LogP contribution in [0.1, 0.15) is 56.1 Å². The number of H-pyrrole nitrogens is 1. The Morgan fingerprint density at radius 2 is 2.16 bits per heavy atom. The van der Waals surface area contributed by atoms with Crippen molar-refractivity contribution < 1.29 is 4.79 Å². The van der Waals surface area contributed by atoms with Crippen molar-refractivity contribution in [2.45, 2.75) is 53.0 Å². The first kappa shape index (κ1) is 12.8. The molecule has 2 aliphatic carbocycles. The van der Waals surface area contributed by atoms with Gasteiger partial charge in [-0.1, -0.05) is 20.8 Å². The third-order valence-electron chi connectivity index (χ3n) is 5.74. The van der Waals surface area contributed by atoms with Gasteiger partial charge in [0.2, 0.25) is 0 Å². The molecular weight excluding hydrogens is 236 g/mol. The molecule has 1 heterocycles. The molecule has 3 heteroatoms. The molecular formula is C16H24N2O. The summed E-state index contributed by atoms with van der Waals surface area (Å²) in [6.45, 7) is 8.92. The monoisotopic (exact) mass is 260 g/mol. The number of fused-ring (bicyclic) bond motifs is 2. The van der Waals surface area contributed by atoms with Gasteiger partial charge in [0.25, 0.3) is 5.91 Å². The molecule has 0 saturated heterocycles. The summed E-state index contributed by atoms with van der Waals surface area (Å²) >= 11 is 0. The van der Waals surface area contributed by atoms with Crippen LogP contribution in [-0.2, 0) is 0 Å². The van der Waals surface area contributed by atoms with E-state index in [0.717, 1.165) is 17.2 Å². The van der Waals surface area contributed by atoms with Crippen molar-refractivity contribution >= 4 is 5.91 Å². The van der Waals surface area contributed by atoms with Crippen LogP contribution in [0, 0.1) is 23.7 Å². The predicted octanol–water partition coefficient (Wildman–Crippen LogP) is 3.27. The van der Waals surface area contributed by atoms with Gasteiger partial charge in [-0.15, -0.1) is 0 Å². The van der Waals surface area contributed by atoms with Crippen LogP contribution >= 0.6 is 0 Å². The molecule has 1 amide bonds. The van der Waals surface area contributed by atoms with Gasteiger partial charge in [-0.2, -0.15) is 0 Å². The number of rotatable bonds is 2. The summed E-state index contributed by atoms with van der Waals surface area (Å²) in [5.74, 6) is 0.834. The lowest BCUT2D eigenvalue weighted by Gasteiger charge is -2.43. The first-order chi connectivity index (χ1) is 8.84.